The average molecular weight is 346 g/mol. The molecule has 118 valence electrons. The number of carbonyl (C=O) groups excluding carboxylic acids is 1. The lowest BCUT2D eigenvalue weighted by molar-refractivity contribution is -0.117. The quantitative estimate of drug-likeness (QED) is 0.693. The molecule has 0 aliphatic carbocycles. The van der Waals surface area contributed by atoms with Crippen LogP contribution in [0.3, 0.4) is 0 Å². The number of nitrogens with one attached hydrogen (secondary N) is 2. The Morgan fingerprint density at radius 3 is 2.78 bits per heavy atom. The van der Waals surface area contributed by atoms with Crippen LogP contribution in [0.25, 0.3) is 15.5 Å². The predicted octanol–water partition coefficient (Wildman–Crippen LogP) is 2.30. The Morgan fingerprint density at radius 2 is 2.09 bits per heavy atom. The Bertz CT molecular complexity index is 913. The second-order valence-corrected chi connectivity index (χ2v) is 6.38. The first-order valence-electron chi connectivity index (χ1n) is 6.82. The van der Waals surface area contributed by atoms with Gasteiger partial charge in [-0.25, -0.2) is 0 Å². The molecule has 2 N–H and O–H groups in total. The van der Waals surface area contributed by atoms with Crippen molar-refractivity contribution in [3.05, 3.63) is 29.6 Å². The van der Waals surface area contributed by atoms with Crippen LogP contribution >= 0.6 is 23.6 Å². The van der Waals surface area contributed by atoms with E-state index in [1.165, 1.54) is 18.3 Å². The third-order valence-electron chi connectivity index (χ3n) is 3.17. The second-order valence-electron chi connectivity index (χ2n) is 5.01. The maximum Gasteiger partial charge on any atom is 0.234 e. The van der Waals surface area contributed by atoms with Gasteiger partial charge < -0.3 is 10.6 Å². The number of aryl methyl sites for hydroxylation is 2. The predicted molar refractivity (Wildman–Crippen MR) is 93.6 cm³/mol. The first kappa shape index (κ1) is 15.5. The number of thiocarbonyl (C=S) groups is 1. The van der Waals surface area contributed by atoms with Crippen LogP contribution in [0.1, 0.15) is 18.3 Å². The van der Waals surface area contributed by atoms with Gasteiger partial charge in [-0.3, -0.25) is 4.79 Å². The van der Waals surface area contributed by atoms with Gasteiger partial charge in [0.1, 0.15) is 5.01 Å². The maximum atomic E-state index is 11.1. The SMILES string of the molecule is CC(=O)NC(=S)Nc1cc(-c2nn3c(C)nnc3s2)ccc1C. The summed E-state index contributed by atoms with van der Waals surface area (Å²) in [6.07, 6.45) is 0. The number of aromatic nitrogens is 4. The first-order chi connectivity index (χ1) is 10.9. The van der Waals surface area contributed by atoms with Crippen LogP contribution in [-0.2, 0) is 4.79 Å². The van der Waals surface area contributed by atoms with E-state index in [0.29, 0.717) is 0 Å². The molecule has 3 rings (SSSR count). The van der Waals surface area contributed by atoms with Crippen LogP contribution in [0.5, 0.6) is 0 Å². The fraction of sp³-hybridized carbons (Fsp3) is 0.214. The zero-order valence-corrected chi connectivity index (χ0v) is 14.4. The first-order valence-corrected chi connectivity index (χ1v) is 8.05. The highest BCUT2D eigenvalue weighted by atomic mass is 32.1. The molecule has 0 saturated heterocycles. The Morgan fingerprint density at radius 1 is 1.30 bits per heavy atom. The van der Waals surface area contributed by atoms with E-state index in [1.807, 2.05) is 32.0 Å². The molecule has 23 heavy (non-hydrogen) atoms. The highest BCUT2D eigenvalue weighted by Crippen LogP contribution is 2.29. The fourth-order valence-corrected chi connectivity index (χ4v) is 3.17. The fourth-order valence-electron chi connectivity index (χ4n) is 2.03. The van der Waals surface area contributed by atoms with Crippen molar-refractivity contribution < 1.29 is 4.79 Å². The van der Waals surface area contributed by atoms with Gasteiger partial charge in [0.15, 0.2) is 10.9 Å². The molecule has 7 nitrogen and oxygen atoms in total. The van der Waals surface area contributed by atoms with Crippen LogP contribution in [0.15, 0.2) is 18.2 Å². The number of hydrogen-bond donors (Lipinski definition) is 2. The molecule has 0 atom stereocenters. The Balaban J connectivity index is 1.92. The van der Waals surface area contributed by atoms with E-state index in [-0.39, 0.29) is 11.0 Å². The van der Waals surface area contributed by atoms with Gasteiger partial charge in [0.05, 0.1) is 0 Å². The number of anilines is 1. The lowest BCUT2D eigenvalue weighted by atomic mass is 10.1. The summed E-state index contributed by atoms with van der Waals surface area (Å²) in [5.41, 5.74) is 2.78. The summed E-state index contributed by atoms with van der Waals surface area (Å²) in [4.78, 5) is 11.8. The van der Waals surface area contributed by atoms with Gasteiger partial charge in [-0.2, -0.15) is 9.61 Å². The van der Waals surface area contributed by atoms with Crippen molar-refractivity contribution in [3.63, 3.8) is 0 Å². The normalized spacial score (nSPS) is 10.7. The van der Waals surface area contributed by atoms with E-state index in [1.54, 1.807) is 4.52 Å². The second kappa shape index (κ2) is 6.01. The number of fused-ring (bicyclic) bond motifs is 1. The molecule has 0 radical (unpaired) electrons. The van der Waals surface area contributed by atoms with E-state index >= 15 is 0 Å². The molecule has 0 unspecified atom stereocenters. The molecule has 3 aromatic rings. The van der Waals surface area contributed by atoms with Crippen molar-refractivity contribution in [2.45, 2.75) is 20.8 Å². The lowest BCUT2D eigenvalue weighted by Crippen LogP contribution is -2.32. The number of benzene rings is 1. The van der Waals surface area contributed by atoms with Crippen LogP contribution in [0.4, 0.5) is 5.69 Å². The van der Waals surface area contributed by atoms with E-state index in [4.69, 9.17) is 12.2 Å². The minimum absolute atomic E-state index is 0.208. The molecule has 0 bridgehead atoms. The lowest BCUT2D eigenvalue weighted by Gasteiger charge is -2.11. The van der Waals surface area contributed by atoms with Crippen LogP contribution in [-0.4, -0.2) is 30.8 Å². The zero-order valence-electron chi connectivity index (χ0n) is 12.7. The van der Waals surface area contributed by atoms with Gasteiger partial charge in [-0.1, -0.05) is 23.5 Å². The van der Waals surface area contributed by atoms with Gasteiger partial charge in [-0.15, -0.1) is 10.2 Å². The van der Waals surface area contributed by atoms with Crippen LogP contribution in [0, 0.1) is 13.8 Å². The van der Waals surface area contributed by atoms with Gasteiger partial charge in [0, 0.05) is 18.2 Å². The van der Waals surface area contributed by atoms with Crippen molar-refractivity contribution in [1.82, 2.24) is 25.1 Å². The summed E-state index contributed by atoms with van der Waals surface area (Å²) in [5.74, 6) is 0.542. The molecular formula is C14H14N6OS2. The Kier molecular flexibility index (Phi) is 4.05. The van der Waals surface area contributed by atoms with Gasteiger partial charge >= 0.3 is 0 Å². The number of hydrogen-bond acceptors (Lipinski definition) is 6. The summed E-state index contributed by atoms with van der Waals surface area (Å²) in [6, 6.07) is 5.91. The number of nitrogens with zero attached hydrogens (tertiary/aromatic N) is 4. The van der Waals surface area contributed by atoms with Crippen molar-refractivity contribution in [2.24, 2.45) is 0 Å². The topological polar surface area (TPSA) is 84.2 Å². The third kappa shape index (κ3) is 3.20. The van der Waals surface area contributed by atoms with Crippen molar-refractivity contribution in [3.8, 4) is 10.6 Å². The van der Waals surface area contributed by atoms with Gasteiger partial charge in [0.2, 0.25) is 10.9 Å². The van der Waals surface area contributed by atoms with Crippen molar-refractivity contribution in [1.29, 1.82) is 0 Å². The third-order valence-corrected chi connectivity index (χ3v) is 4.32. The molecule has 0 spiro atoms. The monoisotopic (exact) mass is 346 g/mol. The van der Waals surface area contributed by atoms with Crippen LogP contribution in [0.2, 0.25) is 0 Å². The molecule has 0 aliphatic rings. The standard InChI is InChI=1S/C14H14N6OS2/c1-7-4-5-10(6-11(7)16-13(22)15-9(3)21)12-19-20-8(2)17-18-14(20)23-12/h4-6H,1-3H3,(H2,15,16,21,22). The van der Waals surface area contributed by atoms with E-state index < -0.39 is 0 Å². The van der Waals surface area contributed by atoms with Crippen LogP contribution < -0.4 is 10.6 Å². The minimum Gasteiger partial charge on any atom is -0.332 e. The van der Waals surface area contributed by atoms with E-state index in [0.717, 1.165) is 32.6 Å². The van der Waals surface area contributed by atoms with Crippen molar-refractivity contribution >= 4 is 45.2 Å². The molecule has 2 heterocycles. The van der Waals surface area contributed by atoms with Gasteiger partial charge in [-0.05, 0) is 37.7 Å². The van der Waals surface area contributed by atoms with Crippen molar-refractivity contribution in [2.75, 3.05) is 5.32 Å². The molecular weight excluding hydrogens is 332 g/mol. The summed E-state index contributed by atoms with van der Waals surface area (Å²) in [5, 5.41) is 19.3. The Hall–Kier alpha value is -2.39. The molecule has 1 aromatic carbocycles. The molecule has 0 aliphatic heterocycles. The van der Waals surface area contributed by atoms with Gasteiger partial charge in [0.25, 0.3) is 0 Å². The minimum atomic E-state index is -0.208. The summed E-state index contributed by atoms with van der Waals surface area (Å²) < 4.78 is 1.72. The zero-order chi connectivity index (χ0) is 16.6. The molecule has 0 fully saturated rings. The molecule has 0 saturated carbocycles. The average Bonchev–Trinajstić information content (AvgIpc) is 3.03. The number of rotatable bonds is 2. The summed E-state index contributed by atoms with van der Waals surface area (Å²) >= 11 is 6.57. The largest absolute Gasteiger partial charge is 0.332 e. The number of carbonyl (C=O) groups is 1. The maximum absolute atomic E-state index is 11.1. The van der Waals surface area contributed by atoms with E-state index in [2.05, 4.69) is 25.9 Å². The number of amides is 1. The van der Waals surface area contributed by atoms with E-state index in [9.17, 15) is 4.79 Å². The Labute approximate surface area is 141 Å². The molecule has 1 amide bonds. The summed E-state index contributed by atoms with van der Waals surface area (Å²) in [7, 11) is 0. The smallest absolute Gasteiger partial charge is 0.234 e. The molecule has 2 aromatic heterocycles. The highest BCUT2D eigenvalue weighted by Gasteiger charge is 2.12. The highest BCUT2D eigenvalue weighted by molar-refractivity contribution is 7.80. The summed E-state index contributed by atoms with van der Waals surface area (Å²) in [6.45, 7) is 5.24. The molecule has 9 heteroatoms.